The third-order valence-corrected chi connectivity index (χ3v) is 5.28. The molecule has 1 aliphatic heterocycles. The zero-order valence-electron chi connectivity index (χ0n) is 18.3. The summed E-state index contributed by atoms with van der Waals surface area (Å²) in [5.74, 6) is 2.41. The Hall–Kier alpha value is -1.79. The molecule has 1 aromatic carbocycles. The first kappa shape index (κ1) is 22.5. The van der Waals surface area contributed by atoms with Crippen molar-refractivity contribution in [1.82, 2.24) is 15.5 Å². The zero-order chi connectivity index (χ0) is 20.4. The summed E-state index contributed by atoms with van der Waals surface area (Å²) in [6.45, 7) is 11.8. The number of guanidine groups is 1. The average molecular weight is 391 g/mol. The van der Waals surface area contributed by atoms with Gasteiger partial charge in [0.05, 0.1) is 6.61 Å². The minimum Gasteiger partial charge on any atom is -0.491 e. The maximum Gasteiger partial charge on any atom is 0.191 e. The molecule has 2 rings (SSSR count). The molecule has 0 aliphatic carbocycles. The highest BCUT2D eigenvalue weighted by Crippen LogP contribution is 2.20. The van der Waals surface area contributed by atoms with E-state index in [2.05, 4.69) is 59.5 Å². The molecule has 0 bridgehead atoms. The Labute approximate surface area is 170 Å². The Bertz CT molecular complexity index is 619. The third-order valence-electron chi connectivity index (χ3n) is 5.28. The molecule has 1 saturated heterocycles. The topological polar surface area (TPSA) is 58.1 Å². The van der Waals surface area contributed by atoms with Crippen LogP contribution >= 0.6 is 0 Å². The summed E-state index contributed by atoms with van der Waals surface area (Å²) in [5, 5.41) is 6.93. The van der Waals surface area contributed by atoms with Crippen LogP contribution in [0.25, 0.3) is 0 Å². The fraction of sp³-hybridized carbons (Fsp3) is 0.682. The van der Waals surface area contributed by atoms with Crippen LogP contribution in [0.2, 0.25) is 0 Å². The van der Waals surface area contributed by atoms with E-state index in [1.54, 1.807) is 7.11 Å². The van der Waals surface area contributed by atoms with E-state index in [1.807, 2.05) is 7.05 Å². The number of aliphatic imine (C=N–C) groups is 1. The van der Waals surface area contributed by atoms with E-state index < -0.39 is 0 Å². The zero-order valence-corrected chi connectivity index (χ0v) is 18.3. The second-order valence-corrected chi connectivity index (χ2v) is 7.86. The molecule has 0 saturated carbocycles. The number of aryl methyl sites for hydroxylation is 1. The van der Waals surface area contributed by atoms with Crippen molar-refractivity contribution in [1.29, 1.82) is 0 Å². The quantitative estimate of drug-likeness (QED) is 0.386. The Morgan fingerprint density at radius 1 is 1.29 bits per heavy atom. The van der Waals surface area contributed by atoms with Crippen LogP contribution in [0.3, 0.4) is 0 Å². The molecule has 1 atom stereocenters. The van der Waals surface area contributed by atoms with Gasteiger partial charge in [0.15, 0.2) is 5.96 Å². The first-order valence-electron chi connectivity index (χ1n) is 10.4. The summed E-state index contributed by atoms with van der Waals surface area (Å²) in [5.41, 5.74) is 2.30. The highest BCUT2D eigenvalue weighted by atomic mass is 16.5. The SMILES string of the molecule is CN=C(NCc1ccc(C)cc1OCCOC)NCC1CCCN(C(C)C)C1. The fourth-order valence-electron chi connectivity index (χ4n) is 3.55. The van der Waals surface area contributed by atoms with Gasteiger partial charge in [0, 0.05) is 45.4 Å². The first-order chi connectivity index (χ1) is 13.5. The van der Waals surface area contributed by atoms with Gasteiger partial charge in [0.1, 0.15) is 12.4 Å². The van der Waals surface area contributed by atoms with Crippen molar-refractivity contribution < 1.29 is 9.47 Å². The molecule has 0 aromatic heterocycles. The summed E-state index contributed by atoms with van der Waals surface area (Å²) in [6.07, 6.45) is 2.56. The molecular formula is C22H38N4O2. The average Bonchev–Trinajstić information content (AvgIpc) is 2.69. The molecule has 2 N–H and O–H groups in total. The molecule has 1 unspecified atom stereocenters. The van der Waals surface area contributed by atoms with Crippen molar-refractivity contribution in [3.05, 3.63) is 29.3 Å². The van der Waals surface area contributed by atoms with Crippen LogP contribution in [0.1, 0.15) is 37.8 Å². The van der Waals surface area contributed by atoms with E-state index in [4.69, 9.17) is 9.47 Å². The van der Waals surface area contributed by atoms with E-state index in [0.717, 1.165) is 30.4 Å². The number of piperidine rings is 1. The van der Waals surface area contributed by atoms with Crippen LogP contribution in [0.5, 0.6) is 5.75 Å². The number of benzene rings is 1. The van der Waals surface area contributed by atoms with Gasteiger partial charge < -0.3 is 25.0 Å². The number of nitrogens with one attached hydrogen (secondary N) is 2. The van der Waals surface area contributed by atoms with Gasteiger partial charge >= 0.3 is 0 Å². The highest BCUT2D eigenvalue weighted by Gasteiger charge is 2.21. The van der Waals surface area contributed by atoms with Gasteiger partial charge in [-0.3, -0.25) is 4.99 Å². The Morgan fingerprint density at radius 2 is 2.11 bits per heavy atom. The number of rotatable bonds is 9. The summed E-state index contributed by atoms with van der Waals surface area (Å²) in [4.78, 5) is 6.96. The minimum atomic E-state index is 0.550. The van der Waals surface area contributed by atoms with Gasteiger partial charge in [-0.05, 0) is 57.7 Å². The Kier molecular flexibility index (Phi) is 9.58. The van der Waals surface area contributed by atoms with Crippen molar-refractivity contribution in [2.24, 2.45) is 10.9 Å². The second-order valence-electron chi connectivity index (χ2n) is 7.86. The van der Waals surface area contributed by atoms with Gasteiger partial charge in [0.2, 0.25) is 0 Å². The molecule has 158 valence electrons. The van der Waals surface area contributed by atoms with Crippen molar-refractivity contribution in [2.45, 2.75) is 46.2 Å². The van der Waals surface area contributed by atoms with E-state index >= 15 is 0 Å². The molecule has 0 radical (unpaired) electrons. The van der Waals surface area contributed by atoms with Crippen molar-refractivity contribution in [3.8, 4) is 5.75 Å². The lowest BCUT2D eigenvalue weighted by Crippen LogP contribution is -2.46. The van der Waals surface area contributed by atoms with Crippen LogP contribution in [0.15, 0.2) is 23.2 Å². The number of hydrogen-bond acceptors (Lipinski definition) is 4. The normalized spacial score (nSPS) is 18.4. The maximum atomic E-state index is 5.88. The largest absolute Gasteiger partial charge is 0.491 e. The molecule has 6 heteroatoms. The van der Waals surface area contributed by atoms with Gasteiger partial charge in [-0.15, -0.1) is 0 Å². The number of nitrogens with zero attached hydrogens (tertiary/aromatic N) is 2. The fourth-order valence-corrected chi connectivity index (χ4v) is 3.55. The van der Waals surface area contributed by atoms with Crippen LogP contribution in [0.4, 0.5) is 0 Å². The van der Waals surface area contributed by atoms with E-state index in [0.29, 0.717) is 31.7 Å². The second kappa shape index (κ2) is 11.9. The predicted octanol–water partition coefficient (Wildman–Crippen LogP) is 2.81. The molecule has 28 heavy (non-hydrogen) atoms. The monoisotopic (exact) mass is 390 g/mol. The van der Waals surface area contributed by atoms with Crippen LogP contribution in [0, 0.1) is 12.8 Å². The molecule has 1 fully saturated rings. The summed E-state index contributed by atoms with van der Waals surface area (Å²) < 4.78 is 11.0. The number of likely N-dealkylation sites (tertiary alicyclic amines) is 1. The van der Waals surface area contributed by atoms with Crippen LogP contribution < -0.4 is 15.4 Å². The predicted molar refractivity (Wildman–Crippen MR) is 116 cm³/mol. The Balaban J connectivity index is 1.85. The smallest absolute Gasteiger partial charge is 0.191 e. The molecular weight excluding hydrogens is 352 g/mol. The van der Waals surface area contributed by atoms with Crippen molar-refractivity contribution in [3.63, 3.8) is 0 Å². The van der Waals surface area contributed by atoms with Gasteiger partial charge in [0.25, 0.3) is 0 Å². The lowest BCUT2D eigenvalue weighted by atomic mass is 9.97. The van der Waals surface area contributed by atoms with Crippen molar-refractivity contribution >= 4 is 5.96 Å². The first-order valence-corrected chi connectivity index (χ1v) is 10.4. The number of ether oxygens (including phenoxy) is 2. The standard InChI is InChI=1S/C22H38N4O2/c1-17(2)26-10-6-7-19(16-26)14-24-22(23-4)25-15-20-9-8-18(3)13-21(20)28-12-11-27-5/h8-9,13,17,19H,6-7,10-12,14-16H2,1-5H3,(H2,23,24,25). The van der Waals surface area contributed by atoms with Gasteiger partial charge in [-0.1, -0.05) is 12.1 Å². The Morgan fingerprint density at radius 3 is 2.82 bits per heavy atom. The molecule has 0 amide bonds. The number of hydrogen-bond donors (Lipinski definition) is 2. The molecule has 0 spiro atoms. The van der Waals surface area contributed by atoms with E-state index in [1.165, 1.54) is 24.9 Å². The lowest BCUT2D eigenvalue weighted by molar-refractivity contribution is 0.141. The number of methoxy groups -OCH3 is 1. The van der Waals surface area contributed by atoms with E-state index in [9.17, 15) is 0 Å². The summed E-state index contributed by atoms with van der Waals surface area (Å²) >= 11 is 0. The van der Waals surface area contributed by atoms with Crippen molar-refractivity contribution in [2.75, 3.05) is 47.0 Å². The molecule has 6 nitrogen and oxygen atoms in total. The molecule has 1 aliphatic rings. The van der Waals surface area contributed by atoms with Crippen LogP contribution in [-0.4, -0.2) is 63.9 Å². The maximum absolute atomic E-state index is 5.88. The van der Waals surface area contributed by atoms with E-state index in [-0.39, 0.29) is 0 Å². The highest BCUT2D eigenvalue weighted by molar-refractivity contribution is 5.79. The molecule has 1 aromatic rings. The van der Waals surface area contributed by atoms with Gasteiger partial charge in [-0.25, -0.2) is 0 Å². The summed E-state index contributed by atoms with van der Waals surface area (Å²) in [7, 11) is 3.51. The third kappa shape index (κ3) is 7.32. The summed E-state index contributed by atoms with van der Waals surface area (Å²) in [6, 6.07) is 6.92. The molecule has 1 heterocycles. The lowest BCUT2D eigenvalue weighted by Gasteiger charge is -2.35. The minimum absolute atomic E-state index is 0.550. The van der Waals surface area contributed by atoms with Gasteiger partial charge in [-0.2, -0.15) is 0 Å². The van der Waals surface area contributed by atoms with Crippen LogP contribution in [-0.2, 0) is 11.3 Å².